The molecule has 17 heavy (non-hydrogen) atoms. The Kier molecular flexibility index (Phi) is 5.16. The molecule has 0 amide bonds. The minimum absolute atomic E-state index is 0.418. The van der Waals surface area contributed by atoms with Gasteiger partial charge >= 0.3 is 5.97 Å². The number of aliphatic carboxylic acids is 1. The summed E-state index contributed by atoms with van der Waals surface area (Å²) in [6, 6.07) is 8.05. The number of carboxylic acid groups (broad SMARTS) is 1. The Morgan fingerprint density at radius 1 is 1.29 bits per heavy atom. The molecule has 0 fully saturated rings. The van der Waals surface area contributed by atoms with Crippen LogP contribution < -0.4 is 0 Å². The summed E-state index contributed by atoms with van der Waals surface area (Å²) < 4.78 is 5.19. The zero-order chi connectivity index (χ0) is 12.8. The van der Waals surface area contributed by atoms with E-state index in [0.717, 1.165) is 5.56 Å². The van der Waals surface area contributed by atoms with Gasteiger partial charge < -0.3 is 9.84 Å². The van der Waals surface area contributed by atoms with E-state index in [1.54, 1.807) is 6.92 Å². The number of carboxylic acids is 1. The quantitative estimate of drug-likeness (QED) is 0.826. The lowest BCUT2D eigenvalue weighted by atomic mass is 10.00. The molecule has 0 aliphatic heterocycles. The van der Waals surface area contributed by atoms with Crippen LogP contribution in [0.3, 0.4) is 0 Å². The lowest BCUT2D eigenvalue weighted by Crippen LogP contribution is -2.26. The van der Waals surface area contributed by atoms with Crippen molar-refractivity contribution in [2.45, 2.75) is 39.2 Å². The molecule has 1 rings (SSSR count). The molecule has 1 aromatic carbocycles. The molecule has 0 saturated heterocycles. The minimum atomic E-state index is -0.903. The standard InChI is InChI=1S/C14H20O3/c1-4-17-13(14(15)16)9-11-5-7-12(8-6-11)10(2)3/h5-8,10,13H,4,9H2,1-3H3,(H,15,16)/t13-/m1/s1. The SMILES string of the molecule is CCO[C@H](Cc1ccc(C(C)C)cc1)C(=O)O. The molecule has 0 unspecified atom stereocenters. The average molecular weight is 236 g/mol. The van der Waals surface area contributed by atoms with Crippen LogP contribution in [0.1, 0.15) is 37.8 Å². The van der Waals surface area contributed by atoms with Crippen LogP contribution in [0.5, 0.6) is 0 Å². The first kappa shape index (κ1) is 13.7. The number of benzene rings is 1. The van der Waals surface area contributed by atoms with Gasteiger partial charge in [-0.15, -0.1) is 0 Å². The molecule has 1 atom stereocenters. The molecule has 0 bridgehead atoms. The number of hydrogen-bond donors (Lipinski definition) is 1. The topological polar surface area (TPSA) is 46.5 Å². The van der Waals surface area contributed by atoms with E-state index in [0.29, 0.717) is 18.9 Å². The fourth-order valence-electron chi connectivity index (χ4n) is 1.67. The molecule has 0 radical (unpaired) electrons. The van der Waals surface area contributed by atoms with Gasteiger partial charge in [-0.05, 0) is 24.0 Å². The molecule has 0 aromatic heterocycles. The van der Waals surface area contributed by atoms with Crippen LogP contribution in [0.4, 0.5) is 0 Å². The van der Waals surface area contributed by atoms with Gasteiger partial charge in [0.15, 0.2) is 6.10 Å². The van der Waals surface area contributed by atoms with Crippen molar-refractivity contribution in [1.29, 1.82) is 0 Å². The van der Waals surface area contributed by atoms with E-state index < -0.39 is 12.1 Å². The second-order valence-corrected chi connectivity index (χ2v) is 4.38. The Hall–Kier alpha value is -1.35. The molecular formula is C14H20O3. The molecule has 1 aromatic rings. The lowest BCUT2D eigenvalue weighted by Gasteiger charge is -2.13. The van der Waals surface area contributed by atoms with Gasteiger partial charge in [0.05, 0.1) is 0 Å². The number of hydrogen-bond acceptors (Lipinski definition) is 2. The van der Waals surface area contributed by atoms with Crippen molar-refractivity contribution in [3.05, 3.63) is 35.4 Å². The Balaban J connectivity index is 2.70. The highest BCUT2D eigenvalue weighted by atomic mass is 16.5. The molecule has 3 nitrogen and oxygen atoms in total. The second-order valence-electron chi connectivity index (χ2n) is 4.38. The first-order valence-corrected chi connectivity index (χ1v) is 5.97. The van der Waals surface area contributed by atoms with Gasteiger partial charge in [-0.2, -0.15) is 0 Å². The Bertz CT molecular complexity index is 354. The van der Waals surface area contributed by atoms with E-state index in [-0.39, 0.29) is 0 Å². The maximum Gasteiger partial charge on any atom is 0.333 e. The van der Waals surface area contributed by atoms with Crippen LogP contribution in [0.15, 0.2) is 24.3 Å². The summed E-state index contributed by atoms with van der Waals surface area (Å²) >= 11 is 0. The summed E-state index contributed by atoms with van der Waals surface area (Å²) in [6.07, 6.45) is -0.327. The lowest BCUT2D eigenvalue weighted by molar-refractivity contribution is -0.149. The summed E-state index contributed by atoms with van der Waals surface area (Å²) in [6.45, 7) is 6.49. The van der Waals surface area contributed by atoms with Crippen LogP contribution >= 0.6 is 0 Å². The van der Waals surface area contributed by atoms with Gasteiger partial charge in [0.2, 0.25) is 0 Å². The fraction of sp³-hybridized carbons (Fsp3) is 0.500. The molecule has 0 spiro atoms. The Morgan fingerprint density at radius 2 is 1.88 bits per heavy atom. The van der Waals surface area contributed by atoms with Gasteiger partial charge in [-0.3, -0.25) is 0 Å². The molecule has 0 aliphatic rings. The van der Waals surface area contributed by atoms with Crippen LogP contribution in [-0.2, 0) is 16.0 Å². The van der Waals surface area contributed by atoms with Crippen molar-refractivity contribution < 1.29 is 14.6 Å². The van der Waals surface area contributed by atoms with E-state index in [1.807, 2.05) is 24.3 Å². The molecule has 0 heterocycles. The summed E-state index contributed by atoms with van der Waals surface area (Å²) in [5.74, 6) is -0.411. The Morgan fingerprint density at radius 3 is 2.29 bits per heavy atom. The van der Waals surface area contributed by atoms with Gasteiger partial charge in [-0.1, -0.05) is 38.1 Å². The zero-order valence-electron chi connectivity index (χ0n) is 10.6. The van der Waals surface area contributed by atoms with Gasteiger partial charge in [0.1, 0.15) is 0 Å². The summed E-state index contributed by atoms with van der Waals surface area (Å²) in [5, 5.41) is 8.98. The first-order chi connectivity index (χ1) is 8.04. The van der Waals surface area contributed by atoms with Crippen molar-refractivity contribution in [2.75, 3.05) is 6.61 Å². The van der Waals surface area contributed by atoms with E-state index in [4.69, 9.17) is 9.84 Å². The molecular weight excluding hydrogens is 216 g/mol. The van der Waals surface area contributed by atoms with Crippen molar-refractivity contribution in [3.63, 3.8) is 0 Å². The fourth-order valence-corrected chi connectivity index (χ4v) is 1.67. The third-order valence-corrected chi connectivity index (χ3v) is 2.71. The van der Waals surface area contributed by atoms with Crippen LogP contribution in [-0.4, -0.2) is 23.8 Å². The first-order valence-electron chi connectivity index (χ1n) is 5.97. The maximum absolute atomic E-state index is 10.9. The third kappa shape index (κ3) is 4.19. The zero-order valence-corrected chi connectivity index (χ0v) is 10.6. The highest BCUT2D eigenvalue weighted by Gasteiger charge is 2.17. The van der Waals surface area contributed by atoms with Crippen LogP contribution in [0.2, 0.25) is 0 Å². The van der Waals surface area contributed by atoms with E-state index in [9.17, 15) is 4.79 Å². The van der Waals surface area contributed by atoms with Crippen molar-refractivity contribution in [1.82, 2.24) is 0 Å². The molecule has 3 heteroatoms. The van der Waals surface area contributed by atoms with Crippen LogP contribution in [0.25, 0.3) is 0 Å². The molecule has 94 valence electrons. The number of carbonyl (C=O) groups is 1. The van der Waals surface area contributed by atoms with Crippen molar-refractivity contribution in [2.24, 2.45) is 0 Å². The summed E-state index contributed by atoms with van der Waals surface area (Å²) in [5.41, 5.74) is 2.26. The summed E-state index contributed by atoms with van der Waals surface area (Å²) in [4.78, 5) is 10.9. The predicted octanol–water partition coefficient (Wildman–Crippen LogP) is 2.84. The van der Waals surface area contributed by atoms with Crippen LogP contribution in [0, 0.1) is 0 Å². The third-order valence-electron chi connectivity index (χ3n) is 2.71. The normalized spacial score (nSPS) is 12.7. The second kappa shape index (κ2) is 6.40. The minimum Gasteiger partial charge on any atom is -0.479 e. The molecule has 0 aliphatic carbocycles. The Labute approximate surface area is 102 Å². The van der Waals surface area contributed by atoms with Gasteiger partial charge in [0, 0.05) is 13.0 Å². The van der Waals surface area contributed by atoms with E-state index in [2.05, 4.69) is 13.8 Å². The highest BCUT2D eigenvalue weighted by molar-refractivity contribution is 5.72. The van der Waals surface area contributed by atoms with Gasteiger partial charge in [-0.25, -0.2) is 4.79 Å². The van der Waals surface area contributed by atoms with Crippen molar-refractivity contribution in [3.8, 4) is 0 Å². The van der Waals surface area contributed by atoms with E-state index >= 15 is 0 Å². The number of ether oxygens (including phenoxy) is 1. The number of rotatable bonds is 6. The smallest absolute Gasteiger partial charge is 0.333 e. The maximum atomic E-state index is 10.9. The largest absolute Gasteiger partial charge is 0.479 e. The predicted molar refractivity (Wildman–Crippen MR) is 67.3 cm³/mol. The van der Waals surface area contributed by atoms with Crippen molar-refractivity contribution >= 4 is 5.97 Å². The molecule has 1 N–H and O–H groups in total. The average Bonchev–Trinajstić information content (AvgIpc) is 2.29. The van der Waals surface area contributed by atoms with E-state index in [1.165, 1.54) is 5.56 Å². The summed E-state index contributed by atoms with van der Waals surface area (Å²) in [7, 11) is 0. The van der Waals surface area contributed by atoms with Gasteiger partial charge in [0.25, 0.3) is 0 Å². The monoisotopic (exact) mass is 236 g/mol. The highest BCUT2D eigenvalue weighted by Crippen LogP contribution is 2.16. The molecule has 0 saturated carbocycles.